The Morgan fingerprint density at radius 1 is 1.17 bits per heavy atom. The summed E-state index contributed by atoms with van der Waals surface area (Å²) in [6.45, 7) is 2.67. The molecule has 23 heavy (non-hydrogen) atoms. The SMILES string of the molecule is CCOc1cc(CC(CN)c2cc(F)ccc2OC)ccc1O. The molecule has 0 bridgehead atoms. The van der Waals surface area contributed by atoms with Gasteiger partial charge in [-0.1, -0.05) is 6.07 Å². The van der Waals surface area contributed by atoms with Crippen LogP contribution in [0.3, 0.4) is 0 Å². The van der Waals surface area contributed by atoms with Crippen molar-refractivity contribution in [3.8, 4) is 17.2 Å². The number of aromatic hydroxyl groups is 1. The Morgan fingerprint density at radius 2 is 1.96 bits per heavy atom. The van der Waals surface area contributed by atoms with E-state index in [1.807, 2.05) is 13.0 Å². The quantitative estimate of drug-likeness (QED) is 0.822. The van der Waals surface area contributed by atoms with E-state index in [-0.39, 0.29) is 17.5 Å². The lowest BCUT2D eigenvalue weighted by atomic mass is 9.91. The Bertz CT molecular complexity index is 661. The third kappa shape index (κ3) is 4.13. The first-order valence-electron chi connectivity index (χ1n) is 7.57. The molecule has 2 rings (SSSR count). The smallest absolute Gasteiger partial charge is 0.161 e. The van der Waals surface area contributed by atoms with Gasteiger partial charge in [0.2, 0.25) is 0 Å². The summed E-state index contributed by atoms with van der Waals surface area (Å²) in [5.41, 5.74) is 7.58. The Hall–Kier alpha value is -2.27. The first kappa shape index (κ1) is 17.1. The van der Waals surface area contributed by atoms with E-state index in [9.17, 15) is 9.50 Å². The number of halogens is 1. The van der Waals surface area contributed by atoms with Crippen molar-refractivity contribution in [3.05, 3.63) is 53.3 Å². The van der Waals surface area contributed by atoms with Gasteiger partial charge in [-0.3, -0.25) is 0 Å². The molecular weight excluding hydrogens is 297 g/mol. The number of nitrogens with two attached hydrogens (primary N) is 1. The van der Waals surface area contributed by atoms with Gasteiger partial charge in [0.1, 0.15) is 11.6 Å². The molecule has 0 fully saturated rings. The number of phenolic OH excluding ortho intramolecular Hbond substituents is 1. The molecule has 2 aromatic rings. The maximum absolute atomic E-state index is 13.6. The third-order valence-electron chi connectivity index (χ3n) is 3.72. The highest BCUT2D eigenvalue weighted by Gasteiger charge is 2.17. The van der Waals surface area contributed by atoms with E-state index in [1.54, 1.807) is 25.3 Å². The van der Waals surface area contributed by atoms with Crippen LogP contribution in [0.25, 0.3) is 0 Å². The average Bonchev–Trinajstić information content (AvgIpc) is 2.55. The van der Waals surface area contributed by atoms with Crippen molar-refractivity contribution in [1.82, 2.24) is 0 Å². The molecule has 0 radical (unpaired) electrons. The molecule has 3 N–H and O–H groups in total. The van der Waals surface area contributed by atoms with Crippen molar-refractivity contribution in [2.24, 2.45) is 5.73 Å². The lowest BCUT2D eigenvalue weighted by Crippen LogP contribution is -2.16. The molecule has 0 spiro atoms. The molecule has 0 aliphatic carbocycles. The third-order valence-corrected chi connectivity index (χ3v) is 3.72. The molecular formula is C18H22FNO3. The molecule has 0 saturated carbocycles. The number of phenols is 1. The van der Waals surface area contributed by atoms with Crippen molar-refractivity contribution in [1.29, 1.82) is 0 Å². The Morgan fingerprint density at radius 3 is 2.61 bits per heavy atom. The summed E-state index contributed by atoms with van der Waals surface area (Å²) in [7, 11) is 1.55. The molecule has 0 aromatic heterocycles. The summed E-state index contributed by atoms with van der Waals surface area (Å²) in [4.78, 5) is 0. The highest BCUT2D eigenvalue weighted by molar-refractivity contribution is 5.43. The molecule has 4 nitrogen and oxygen atoms in total. The van der Waals surface area contributed by atoms with Crippen LogP contribution in [0.4, 0.5) is 4.39 Å². The highest BCUT2D eigenvalue weighted by atomic mass is 19.1. The van der Waals surface area contributed by atoms with E-state index < -0.39 is 0 Å². The molecule has 124 valence electrons. The Labute approximate surface area is 135 Å². The van der Waals surface area contributed by atoms with Crippen LogP contribution in [0.5, 0.6) is 17.2 Å². The number of benzene rings is 2. The number of hydrogen-bond donors (Lipinski definition) is 2. The summed E-state index contributed by atoms with van der Waals surface area (Å²) >= 11 is 0. The topological polar surface area (TPSA) is 64.7 Å². The zero-order valence-electron chi connectivity index (χ0n) is 13.4. The molecule has 0 amide bonds. The first-order valence-corrected chi connectivity index (χ1v) is 7.57. The van der Waals surface area contributed by atoms with Gasteiger partial charge < -0.3 is 20.3 Å². The molecule has 2 aromatic carbocycles. The molecule has 1 unspecified atom stereocenters. The second kappa shape index (κ2) is 7.83. The zero-order chi connectivity index (χ0) is 16.8. The molecule has 1 atom stereocenters. The van der Waals surface area contributed by atoms with E-state index >= 15 is 0 Å². The van der Waals surface area contributed by atoms with Gasteiger partial charge in [-0.25, -0.2) is 4.39 Å². The second-order valence-electron chi connectivity index (χ2n) is 5.26. The van der Waals surface area contributed by atoms with E-state index in [4.69, 9.17) is 15.2 Å². The van der Waals surface area contributed by atoms with Gasteiger partial charge in [0.15, 0.2) is 11.5 Å². The van der Waals surface area contributed by atoms with E-state index in [0.29, 0.717) is 31.1 Å². The molecule has 5 heteroatoms. The fourth-order valence-electron chi connectivity index (χ4n) is 2.59. The van der Waals surface area contributed by atoms with Gasteiger partial charge in [0.25, 0.3) is 0 Å². The van der Waals surface area contributed by atoms with Crippen LogP contribution in [0.15, 0.2) is 36.4 Å². The Balaban J connectivity index is 2.29. The highest BCUT2D eigenvalue weighted by Crippen LogP contribution is 2.32. The van der Waals surface area contributed by atoms with Crippen molar-refractivity contribution < 1.29 is 19.0 Å². The van der Waals surface area contributed by atoms with Gasteiger partial charge in [-0.2, -0.15) is 0 Å². The van der Waals surface area contributed by atoms with Gasteiger partial charge in [-0.05, 0) is 55.8 Å². The monoisotopic (exact) mass is 319 g/mol. The van der Waals surface area contributed by atoms with Gasteiger partial charge in [-0.15, -0.1) is 0 Å². The lowest BCUT2D eigenvalue weighted by molar-refractivity contribution is 0.317. The minimum Gasteiger partial charge on any atom is -0.504 e. The minimum absolute atomic E-state index is 0.0975. The van der Waals surface area contributed by atoms with Gasteiger partial charge in [0.05, 0.1) is 13.7 Å². The van der Waals surface area contributed by atoms with Crippen molar-refractivity contribution >= 4 is 0 Å². The van der Waals surface area contributed by atoms with Crippen molar-refractivity contribution in [2.45, 2.75) is 19.3 Å². The van der Waals surface area contributed by atoms with Crippen LogP contribution in [0.1, 0.15) is 24.0 Å². The van der Waals surface area contributed by atoms with Crippen LogP contribution in [-0.4, -0.2) is 25.4 Å². The summed E-state index contributed by atoms with van der Waals surface area (Å²) in [5, 5.41) is 9.77. The summed E-state index contributed by atoms with van der Waals surface area (Å²) in [5.74, 6) is 0.737. The van der Waals surface area contributed by atoms with Gasteiger partial charge >= 0.3 is 0 Å². The summed E-state index contributed by atoms with van der Waals surface area (Å²) < 4.78 is 24.3. The van der Waals surface area contributed by atoms with Crippen LogP contribution in [0.2, 0.25) is 0 Å². The van der Waals surface area contributed by atoms with E-state index in [1.165, 1.54) is 12.1 Å². The number of ether oxygens (including phenoxy) is 2. The normalized spacial score (nSPS) is 12.0. The Kier molecular flexibility index (Phi) is 5.82. The predicted molar refractivity (Wildman–Crippen MR) is 87.7 cm³/mol. The van der Waals surface area contributed by atoms with Crippen LogP contribution in [0, 0.1) is 5.82 Å². The predicted octanol–water partition coefficient (Wildman–Crippen LogP) is 3.22. The maximum atomic E-state index is 13.6. The number of methoxy groups -OCH3 is 1. The number of rotatable bonds is 7. The fraction of sp³-hybridized carbons (Fsp3) is 0.333. The summed E-state index contributed by atoms with van der Waals surface area (Å²) in [6, 6.07) is 9.62. The average molecular weight is 319 g/mol. The minimum atomic E-state index is -0.319. The van der Waals surface area contributed by atoms with Crippen LogP contribution in [-0.2, 0) is 6.42 Å². The summed E-state index contributed by atoms with van der Waals surface area (Å²) in [6.07, 6.45) is 0.594. The molecule has 0 aliphatic rings. The second-order valence-corrected chi connectivity index (χ2v) is 5.26. The largest absolute Gasteiger partial charge is 0.504 e. The van der Waals surface area contributed by atoms with E-state index in [0.717, 1.165) is 11.1 Å². The fourth-order valence-corrected chi connectivity index (χ4v) is 2.59. The van der Waals surface area contributed by atoms with Gasteiger partial charge in [0, 0.05) is 11.5 Å². The molecule has 0 saturated heterocycles. The van der Waals surface area contributed by atoms with Crippen LogP contribution >= 0.6 is 0 Å². The molecule has 0 heterocycles. The van der Waals surface area contributed by atoms with E-state index in [2.05, 4.69) is 0 Å². The lowest BCUT2D eigenvalue weighted by Gasteiger charge is -2.19. The van der Waals surface area contributed by atoms with Crippen LogP contribution < -0.4 is 15.2 Å². The zero-order valence-corrected chi connectivity index (χ0v) is 13.4. The maximum Gasteiger partial charge on any atom is 0.161 e. The number of hydrogen-bond acceptors (Lipinski definition) is 4. The van der Waals surface area contributed by atoms with Crippen molar-refractivity contribution in [3.63, 3.8) is 0 Å². The standard InChI is InChI=1S/C18H22FNO3/c1-3-23-18-9-12(4-6-16(18)21)8-13(11-20)15-10-14(19)5-7-17(15)22-2/h4-7,9-10,13,21H,3,8,11,20H2,1-2H3. The first-order chi connectivity index (χ1) is 11.1. The van der Waals surface area contributed by atoms with Crippen molar-refractivity contribution in [2.75, 3.05) is 20.3 Å². The molecule has 0 aliphatic heterocycles.